The molecule has 0 atom stereocenters. The maximum absolute atomic E-state index is 12.1. The number of nitrogens with zero attached hydrogens (tertiary/aromatic N) is 2. The number of H-pyrrole nitrogens is 1. The minimum absolute atomic E-state index is 0.0743. The summed E-state index contributed by atoms with van der Waals surface area (Å²) in [4.78, 5) is 4.16. The largest absolute Gasteiger partial charge is 0.363 e. The third-order valence-corrected chi connectivity index (χ3v) is 5.07. The van der Waals surface area contributed by atoms with Crippen LogP contribution in [0.2, 0.25) is 5.02 Å². The van der Waals surface area contributed by atoms with Crippen LogP contribution in [0.4, 0.5) is 5.82 Å². The van der Waals surface area contributed by atoms with Crippen molar-refractivity contribution in [1.29, 1.82) is 0 Å². The summed E-state index contributed by atoms with van der Waals surface area (Å²) in [6, 6.07) is 3.22. The lowest BCUT2D eigenvalue weighted by Crippen LogP contribution is -2.26. The molecule has 1 fully saturated rings. The molecule has 0 unspecified atom stereocenters. The average Bonchev–Trinajstić information content (AvgIpc) is 3.18. The topological polar surface area (TPSA) is 99.8 Å². The molecule has 2 aromatic heterocycles. The molecule has 9 heteroatoms. The molecular formula is C13H16ClN5O2S. The molecule has 1 aliphatic rings. The molecule has 0 aromatic carbocycles. The maximum atomic E-state index is 12.1. The minimum atomic E-state index is -3.55. The number of halogens is 1. The molecule has 0 amide bonds. The first kappa shape index (κ1) is 15.3. The molecule has 7 nitrogen and oxygen atoms in total. The van der Waals surface area contributed by atoms with Gasteiger partial charge in [-0.2, -0.15) is 5.10 Å². The molecule has 118 valence electrons. The molecule has 2 heterocycles. The van der Waals surface area contributed by atoms with E-state index in [-0.39, 0.29) is 9.92 Å². The monoisotopic (exact) mass is 341 g/mol. The summed E-state index contributed by atoms with van der Waals surface area (Å²) in [7, 11) is -3.55. The molecule has 0 radical (unpaired) electrons. The molecule has 3 N–H and O–H groups in total. The minimum Gasteiger partial charge on any atom is -0.363 e. The molecule has 1 saturated carbocycles. The Bertz CT molecular complexity index is 744. The maximum Gasteiger partial charge on any atom is 0.242 e. The standard InChI is InChI=1S/C13H16ClN5O2S/c14-12-5-11(22(20,21)18-6-9-1-2-9)8-16-13(12)15-7-10-3-4-17-19-10/h3-5,8-9,18H,1-2,6-7H2,(H,15,16)(H,17,19). The summed E-state index contributed by atoms with van der Waals surface area (Å²) < 4.78 is 26.8. The van der Waals surface area contributed by atoms with Gasteiger partial charge in [-0.1, -0.05) is 11.6 Å². The van der Waals surface area contributed by atoms with Crippen molar-refractivity contribution in [3.05, 3.63) is 35.2 Å². The third-order valence-electron chi connectivity index (χ3n) is 3.39. The zero-order valence-corrected chi connectivity index (χ0v) is 13.3. The fraction of sp³-hybridized carbons (Fsp3) is 0.385. The Morgan fingerprint density at radius 2 is 2.23 bits per heavy atom. The number of aromatic nitrogens is 3. The lowest BCUT2D eigenvalue weighted by molar-refractivity contribution is 0.577. The van der Waals surface area contributed by atoms with Crippen LogP contribution >= 0.6 is 11.6 Å². The lowest BCUT2D eigenvalue weighted by atomic mass is 10.4. The lowest BCUT2D eigenvalue weighted by Gasteiger charge is -2.09. The molecule has 3 rings (SSSR count). The van der Waals surface area contributed by atoms with Crippen LogP contribution < -0.4 is 10.0 Å². The first-order valence-electron chi connectivity index (χ1n) is 6.92. The van der Waals surface area contributed by atoms with Crippen molar-refractivity contribution in [3.8, 4) is 0 Å². The summed E-state index contributed by atoms with van der Waals surface area (Å²) in [5.74, 6) is 0.894. The Labute approximate surface area is 133 Å². The summed E-state index contributed by atoms with van der Waals surface area (Å²) in [5.41, 5.74) is 0.876. The highest BCUT2D eigenvalue weighted by molar-refractivity contribution is 7.89. The van der Waals surface area contributed by atoms with E-state index in [2.05, 4.69) is 25.2 Å². The van der Waals surface area contributed by atoms with E-state index >= 15 is 0 Å². The Hall–Kier alpha value is -1.64. The second-order valence-corrected chi connectivity index (χ2v) is 7.41. The number of hydrogen-bond donors (Lipinski definition) is 3. The molecule has 0 saturated heterocycles. The molecular weight excluding hydrogens is 326 g/mol. The van der Waals surface area contributed by atoms with E-state index in [0.29, 0.717) is 24.8 Å². The van der Waals surface area contributed by atoms with Crippen LogP contribution in [0, 0.1) is 5.92 Å². The number of sulfonamides is 1. The fourth-order valence-electron chi connectivity index (χ4n) is 1.89. The van der Waals surface area contributed by atoms with E-state index in [1.807, 2.05) is 6.07 Å². The van der Waals surface area contributed by atoms with Gasteiger partial charge in [-0.05, 0) is 30.9 Å². The highest BCUT2D eigenvalue weighted by Crippen LogP contribution is 2.28. The van der Waals surface area contributed by atoms with Crippen LogP contribution in [0.15, 0.2) is 29.4 Å². The average molecular weight is 342 g/mol. The van der Waals surface area contributed by atoms with Crippen molar-refractivity contribution in [2.24, 2.45) is 5.92 Å². The van der Waals surface area contributed by atoms with Crippen LogP contribution in [0.3, 0.4) is 0 Å². The predicted octanol–water partition coefficient (Wildman–Crippen LogP) is 1.76. The van der Waals surface area contributed by atoms with E-state index in [1.54, 1.807) is 6.20 Å². The normalized spacial score (nSPS) is 15.0. The Kier molecular flexibility index (Phi) is 4.32. The number of nitrogens with one attached hydrogen (secondary N) is 3. The van der Waals surface area contributed by atoms with Crippen molar-refractivity contribution in [3.63, 3.8) is 0 Å². The van der Waals surface area contributed by atoms with Gasteiger partial charge < -0.3 is 5.32 Å². The summed E-state index contributed by atoms with van der Waals surface area (Å²) >= 11 is 6.11. The van der Waals surface area contributed by atoms with Gasteiger partial charge in [-0.3, -0.25) is 5.10 Å². The third kappa shape index (κ3) is 3.76. The van der Waals surface area contributed by atoms with Gasteiger partial charge in [0.2, 0.25) is 10.0 Å². The molecule has 1 aliphatic carbocycles. The van der Waals surface area contributed by atoms with Crippen LogP contribution in [0.5, 0.6) is 0 Å². The summed E-state index contributed by atoms with van der Waals surface area (Å²) in [6.45, 7) is 0.943. The molecule has 2 aromatic rings. The van der Waals surface area contributed by atoms with Gasteiger partial charge in [0, 0.05) is 18.9 Å². The summed E-state index contributed by atoms with van der Waals surface area (Å²) in [5, 5.41) is 9.93. The SMILES string of the molecule is O=S(=O)(NCC1CC1)c1cnc(NCc2ccn[nH]2)c(Cl)c1. The zero-order chi connectivity index (χ0) is 15.6. The van der Waals surface area contributed by atoms with Crippen LogP contribution in [0.1, 0.15) is 18.5 Å². The first-order valence-corrected chi connectivity index (χ1v) is 8.78. The Morgan fingerprint density at radius 1 is 1.41 bits per heavy atom. The Balaban J connectivity index is 1.67. The van der Waals surface area contributed by atoms with Crippen molar-refractivity contribution in [2.45, 2.75) is 24.3 Å². The van der Waals surface area contributed by atoms with Crippen molar-refractivity contribution in [1.82, 2.24) is 19.9 Å². The van der Waals surface area contributed by atoms with Crippen LogP contribution in [-0.2, 0) is 16.6 Å². The molecule has 0 aliphatic heterocycles. The quantitative estimate of drug-likeness (QED) is 0.712. The Morgan fingerprint density at radius 3 is 2.86 bits per heavy atom. The van der Waals surface area contributed by atoms with Crippen molar-refractivity contribution < 1.29 is 8.42 Å². The second-order valence-electron chi connectivity index (χ2n) is 5.23. The van der Waals surface area contributed by atoms with Gasteiger partial charge in [0.05, 0.1) is 17.3 Å². The summed E-state index contributed by atoms with van der Waals surface area (Å²) in [6.07, 6.45) is 5.11. The highest BCUT2D eigenvalue weighted by atomic mass is 35.5. The van der Waals surface area contributed by atoms with Gasteiger partial charge in [-0.15, -0.1) is 0 Å². The van der Waals surface area contributed by atoms with Gasteiger partial charge in [0.15, 0.2) is 0 Å². The molecule has 0 bridgehead atoms. The van der Waals surface area contributed by atoms with E-state index in [0.717, 1.165) is 18.5 Å². The smallest absolute Gasteiger partial charge is 0.242 e. The number of aromatic amines is 1. The number of anilines is 1. The van der Waals surface area contributed by atoms with Crippen molar-refractivity contribution in [2.75, 3.05) is 11.9 Å². The van der Waals surface area contributed by atoms with E-state index in [4.69, 9.17) is 11.6 Å². The fourth-order valence-corrected chi connectivity index (χ4v) is 3.28. The second kappa shape index (κ2) is 6.23. The number of hydrogen-bond acceptors (Lipinski definition) is 5. The molecule has 0 spiro atoms. The zero-order valence-electron chi connectivity index (χ0n) is 11.7. The van der Waals surface area contributed by atoms with Crippen LogP contribution in [0.25, 0.3) is 0 Å². The predicted molar refractivity (Wildman–Crippen MR) is 83.1 cm³/mol. The van der Waals surface area contributed by atoms with Crippen molar-refractivity contribution >= 4 is 27.4 Å². The van der Waals surface area contributed by atoms with Gasteiger partial charge in [0.1, 0.15) is 10.7 Å². The van der Waals surface area contributed by atoms with E-state index < -0.39 is 10.0 Å². The van der Waals surface area contributed by atoms with E-state index in [1.165, 1.54) is 12.3 Å². The highest BCUT2D eigenvalue weighted by Gasteiger charge is 2.24. The van der Waals surface area contributed by atoms with Gasteiger partial charge in [0.25, 0.3) is 0 Å². The molecule has 22 heavy (non-hydrogen) atoms. The number of pyridine rings is 1. The number of rotatable bonds is 7. The van der Waals surface area contributed by atoms with Gasteiger partial charge >= 0.3 is 0 Å². The first-order chi connectivity index (χ1) is 10.5. The van der Waals surface area contributed by atoms with E-state index in [9.17, 15) is 8.42 Å². The van der Waals surface area contributed by atoms with Crippen LogP contribution in [-0.4, -0.2) is 30.1 Å². The van der Waals surface area contributed by atoms with Gasteiger partial charge in [-0.25, -0.2) is 18.1 Å².